The number of halogens is 1. The second-order valence-electron chi connectivity index (χ2n) is 4.91. The van der Waals surface area contributed by atoms with Gasteiger partial charge in [-0.1, -0.05) is 0 Å². The van der Waals surface area contributed by atoms with E-state index in [0.717, 1.165) is 34.5 Å². The number of hydrogen-bond acceptors (Lipinski definition) is 3. The minimum absolute atomic E-state index is 0.118. The highest BCUT2D eigenvalue weighted by Gasteiger charge is 2.29. The summed E-state index contributed by atoms with van der Waals surface area (Å²) in [7, 11) is 0. The maximum atomic E-state index is 11.6. The van der Waals surface area contributed by atoms with Crippen LogP contribution in [0.2, 0.25) is 0 Å². The van der Waals surface area contributed by atoms with E-state index in [1.54, 1.807) is 0 Å². The van der Waals surface area contributed by atoms with E-state index in [0.29, 0.717) is 0 Å². The second-order valence-corrected chi connectivity index (χ2v) is 5.76. The van der Waals surface area contributed by atoms with Crippen molar-refractivity contribution in [2.75, 3.05) is 23.3 Å². The van der Waals surface area contributed by atoms with Gasteiger partial charge in [-0.15, -0.1) is 0 Å². The first-order valence-corrected chi connectivity index (χ1v) is 7.11. The van der Waals surface area contributed by atoms with Crippen molar-refractivity contribution in [3.8, 4) is 0 Å². The van der Waals surface area contributed by atoms with E-state index >= 15 is 0 Å². The third-order valence-corrected chi connectivity index (χ3v) is 4.33. The highest BCUT2D eigenvalue weighted by Crippen LogP contribution is 2.38. The zero-order valence-electron chi connectivity index (χ0n) is 10.1. The molecule has 0 saturated carbocycles. The Hall–Kier alpha value is -1.07. The van der Waals surface area contributed by atoms with E-state index < -0.39 is 6.04 Å². The summed E-state index contributed by atoms with van der Waals surface area (Å²) in [4.78, 5) is 13.9. The lowest BCUT2D eigenvalue weighted by atomic mass is 10.1. The summed E-state index contributed by atoms with van der Waals surface area (Å²) in [6.07, 6.45) is 3.77. The summed E-state index contributed by atoms with van der Waals surface area (Å²) in [5, 5.41) is 2.84. The topological polar surface area (TPSA) is 58.4 Å². The van der Waals surface area contributed by atoms with E-state index in [-0.39, 0.29) is 5.91 Å². The molecule has 3 N–H and O–H groups in total. The van der Waals surface area contributed by atoms with Gasteiger partial charge in [0.2, 0.25) is 5.91 Å². The number of benzene rings is 1. The van der Waals surface area contributed by atoms with Gasteiger partial charge in [0.25, 0.3) is 0 Å². The predicted molar refractivity (Wildman–Crippen MR) is 75.8 cm³/mol. The van der Waals surface area contributed by atoms with Gasteiger partial charge in [0.15, 0.2) is 0 Å². The summed E-state index contributed by atoms with van der Waals surface area (Å²) >= 11 is 3.60. The number of fused-ring (bicyclic) bond motifs is 1. The van der Waals surface area contributed by atoms with Crippen molar-refractivity contribution < 1.29 is 4.79 Å². The molecular formula is C13H16BrN3O. The number of carbonyl (C=O) groups excluding carboxylic acids is 1. The number of hydrogen-bond donors (Lipinski definition) is 2. The minimum atomic E-state index is -0.535. The molecule has 4 nitrogen and oxygen atoms in total. The average molecular weight is 310 g/mol. The lowest BCUT2D eigenvalue weighted by molar-refractivity contribution is -0.116. The molecule has 0 spiro atoms. The number of carbonyl (C=O) groups is 1. The van der Waals surface area contributed by atoms with E-state index in [9.17, 15) is 4.79 Å². The van der Waals surface area contributed by atoms with Gasteiger partial charge in [-0.2, -0.15) is 0 Å². The molecule has 2 aliphatic rings. The second kappa shape index (κ2) is 4.55. The van der Waals surface area contributed by atoms with Crippen LogP contribution in [-0.2, 0) is 4.79 Å². The van der Waals surface area contributed by atoms with Crippen LogP contribution in [0.1, 0.15) is 30.9 Å². The summed E-state index contributed by atoms with van der Waals surface area (Å²) in [6, 6.07) is 3.48. The fraction of sp³-hybridized carbons (Fsp3) is 0.462. The van der Waals surface area contributed by atoms with Crippen LogP contribution in [0, 0.1) is 0 Å². The summed E-state index contributed by atoms with van der Waals surface area (Å²) < 4.78 is 1.02. The first kappa shape index (κ1) is 12.0. The molecule has 1 amide bonds. The SMILES string of the molecule is NC1C(=O)Nc2cc(N3CCCCC3)c(Br)cc21. The Morgan fingerprint density at radius 1 is 1.28 bits per heavy atom. The van der Waals surface area contributed by atoms with Crippen LogP contribution in [0.3, 0.4) is 0 Å². The molecule has 1 unspecified atom stereocenters. The fourth-order valence-corrected chi connectivity index (χ4v) is 3.28. The van der Waals surface area contributed by atoms with Crippen molar-refractivity contribution in [3.63, 3.8) is 0 Å². The van der Waals surface area contributed by atoms with Gasteiger partial charge in [0.1, 0.15) is 6.04 Å². The maximum absolute atomic E-state index is 11.6. The summed E-state index contributed by atoms with van der Waals surface area (Å²) in [5.41, 5.74) is 8.74. The Bertz CT molecular complexity index is 497. The van der Waals surface area contributed by atoms with E-state index in [1.165, 1.54) is 19.3 Å². The maximum Gasteiger partial charge on any atom is 0.245 e. The highest BCUT2D eigenvalue weighted by molar-refractivity contribution is 9.10. The third-order valence-electron chi connectivity index (χ3n) is 3.69. The molecule has 0 bridgehead atoms. The molecule has 1 aromatic carbocycles. The Kier molecular flexibility index (Phi) is 3.03. The fourth-order valence-electron chi connectivity index (χ4n) is 2.67. The molecule has 5 heteroatoms. The van der Waals surface area contributed by atoms with Crippen LogP contribution >= 0.6 is 15.9 Å². The van der Waals surface area contributed by atoms with Crippen molar-refractivity contribution in [3.05, 3.63) is 22.2 Å². The molecule has 18 heavy (non-hydrogen) atoms. The lowest BCUT2D eigenvalue weighted by Crippen LogP contribution is -2.29. The van der Waals surface area contributed by atoms with Crippen LogP contribution in [0.15, 0.2) is 16.6 Å². The molecule has 2 aliphatic heterocycles. The molecule has 0 aliphatic carbocycles. The predicted octanol–water partition coefficient (Wildman–Crippen LogP) is 2.39. The lowest BCUT2D eigenvalue weighted by Gasteiger charge is -2.30. The standard InChI is InChI=1S/C13H16BrN3O/c14-9-6-8-10(16-13(18)12(8)15)7-11(9)17-4-2-1-3-5-17/h6-7,12H,1-5,15H2,(H,16,18). The van der Waals surface area contributed by atoms with E-state index in [2.05, 4.69) is 26.1 Å². The van der Waals surface area contributed by atoms with Crippen molar-refractivity contribution in [2.24, 2.45) is 5.73 Å². The van der Waals surface area contributed by atoms with Gasteiger partial charge < -0.3 is 16.0 Å². The molecule has 96 valence electrons. The largest absolute Gasteiger partial charge is 0.371 e. The summed E-state index contributed by atoms with van der Waals surface area (Å²) in [5.74, 6) is -0.118. The molecule has 0 aromatic heterocycles. The minimum Gasteiger partial charge on any atom is -0.371 e. The number of piperidine rings is 1. The highest BCUT2D eigenvalue weighted by atomic mass is 79.9. The van der Waals surface area contributed by atoms with Gasteiger partial charge >= 0.3 is 0 Å². The quantitative estimate of drug-likeness (QED) is 0.837. The van der Waals surface area contributed by atoms with Crippen molar-refractivity contribution in [1.29, 1.82) is 0 Å². The van der Waals surface area contributed by atoms with Crippen LogP contribution in [0.25, 0.3) is 0 Å². The molecule has 2 heterocycles. The van der Waals surface area contributed by atoms with E-state index in [4.69, 9.17) is 5.73 Å². The number of nitrogens with two attached hydrogens (primary N) is 1. The van der Waals surface area contributed by atoms with Crippen molar-refractivity contribution in [1.82, 2.24) is 0 Å². The number of nitrogens with one attached hydrogen (secondary N) is 1. The molecular weight excluding hydrogens is 294 g/mol. The van der Waals surface area contributed by atoms with Crippen LogP contribution in [0.4, 0.5) is 11.4 Å². The first-order chi connectivity index (χ1) is 8.66. The third kappa shape index (κ3) is 1.91. The van der Waals surface area contributed by atoms with Gasteiger partial charge in [-0.3, -0.25) is 4.79 Å². The van der Waals surface area contributed by atoms with Crippen LogP contribution in [-0.4, -0.2) is 19.0 Å². The van der Waals surface area contributed by atoms with Gasteiger partial charge in [0, 0.05) is 28.8 Å². The molecule has 1 atom stereocenters. The van der Waals surface area contributed by atoms with Crippen molar-refractivity contribution in [2.45, 2.75) is 25.3 Å². The monoisotopic (exact) mass is 309 g/mol. The summed E-state index contributed by atoms with van der Waals surface area (Å²) in [6.45, 7) is 2.16. The number of rotatable bonds is 1. The number of amides is 1. The molecule has 1 aromatic rings. The smallest absolute Gasteiger partial charge is 0.245 e. The average Bonchev–Trinajstić information content (AvgIpc) is 2.66. The van der Waals surface area contributed by atoms with Gasteiger partial charge in [0.05, 0.1) is 5.69 Å². The number of nitrogens with zero attached hydrogens (tertiary/aromatic N) is 1. The Morgan fingerprint density at radius 2 is 2.00 bits per heavy atom. The first-order valence-electron chi connectivity index (χ1n) is 6.31. The zero-order chi connectivity index (χ0) is 12.7. The Balaban J connectivity index is 1.97. The van der Waals surface area contributed by atoms with Crippen LogP contribution < -0.4 is 16.0 Å². The normalized spacial score (nSPS) is 22.9. The molecule has 0 radical (unpaired) electrons. The Labute approximate surface area is 115 Å². The Morgan fingerprint density at radius 3 is 2.72 bits per heavy atom. The van der Waals surface area contributed by atoms with Gasteiger partial charge in [-0.05, 0) is 47.3 Å². The van der Waals surface area contributed by atoms with E-state index in [1.807, 2.05) is 12.1 Å². The van der Waals surface area contributed by atoms with Crippen molar-refractivity contribution >= 4 is 33.2 Å². The van der Waals surface area contributed by atoms with Crippen LogP contribution in [0.5, 0.6) is 0 Å². The molecule has 1 saturated heterocycles. The molecule has 3 rings (SSSR count). The zero-order valence-corrected chi connectivity index (χ0v) is 11.7. The molecule has 1 fully saturated rings. The number of anilines is 2. The van der Waals surface area contributed by atoms with Gasteiger partial charge in [-0.25, -0.2) is 0 Å².